The maximum atomic E-state index is 5.57. The van der Waals surface area contributed by atoms with Crippen LogP contribution in [-0.4, -0.2) is 40.3 Å². The Bertz CT molecular complexity index is 289. The molecule has 0 aliphatic carbocycles. The molecule has 1 heterocycles. The summed E-state index contributed by atoms with van der Waals surface area (Å²) in [5.41, 5.74) is 5.57. The minimum atomic E-state index is 0.537. The Balaban J connectivity index is 2.31. The van der Waals surface area contributed by atoms with Gasteiger partial charge in [0, 0.05) is 18.5 Å². The van der Waals surface area contributed by atoms with E-state index >= 15 is 0 Å². The number of hydrogen-bond acceptors (Lipinski definition) is 5. The first-order valence-corrected chi connectivity index (χ1v) is 6.18. The van der Waals surface area contributed by atoms with E-state index in [0.717, 1.165) is 30.5 Å². The highest BCUT2D eigenvalue weighted by molar-refractivity contribution is 7.99. The molecule has 0 amide bonds. The summed E-state index contributed by atoms with van der Waals surface area (Å²) in [6.07, 6.45) is 1.70. The molecule has 0 saturated heterocycles. The first-order chi connectivity index (χ1) is 7.26. The Morgan fingerprint density at radius 2 is 2.13 bits per heavy atom. The van der Waals surface area contributed by atoms with Gasteiger partial charge in [0.05, 0.1) is 0 Å². The zero-order valence-electron chi connectivity index (χ0n) is 9.31. The summed E-state index contributed by atoms with van der Waals surface area (Å²) < 4.78 is 0. The predicted molar refractivity (Wildman–Crippen MR) is 65.0 cm³/mol. The molecule has 0 aliphatic heterocycles. The van der Waals surface area contributed by atoms with E-state index in [-0.39, 0.29) is 0 Å². The molecule has 0 spiro atoms. The summed E-state index contributed by atoms with van der Waals surface area (Å²) in [6, 6.07) is 1.70. The van der Waals surface area contributed by atoms with E-state index in [0.29, 0.717) is 5.82 Å². The molecule has 1 aromatic rings. The van der Waals surface area contributed by atoms with E-state index in [1.165, 1.54) is 0 Å². The number of hydrogen-bond donors (Lipinski definition) is 1. The molecule has 0 atom stereocenters. The van der Waals surface area contributed by atoms with Gasteiger partial charge >= 0.3 is 0 Å². The van der Waals surface area contributed by atoms with E-state index in [1.807, 2.05) is 0 Å². The quantitative estimate of drug-likeness (QED) is 0.588. The van der Waals surface area contributed by atoms with Crippen LogP contribution < -0.4 is 5.73 Å². The summed E-state index contributed by atoms with van der Waals surface area (Å²) in [5.74, 6) is 1.54. The minimum absolute atomic E-state index is 0.537. The number of nitrogens with two attached hydrogens (primary N) is 1. The lowest BCUT2D eigenvalue weighted by Crippen LogP contribution is -2.25. The molecule has 1 aromatic heterocycles. The van der Waals surface area contributed by atoms with Crippen LogP contribution in [0.3, 0.4) is 0 Å². The Morgan fingerprint density at radius 1 is 1.40 bits per heavy atom. The Labute approximate surface area is 95.3 Å². The summed E-state index contributed by atoms with van der Waals surface area (Å²) in [6.45, 7) is 7.59. The largest absolute Gasteiger partial charge is 0.384 e. The van der Waals surface area contributed by atoms with E-state index < -0.39 is 0 Å². The van der Waals surface area contributed by atoms with Crippen LogP contribution in [0.2, 0.25) is 0 Å². The molecule has 0 unspecified atom stereocenters. The van der Waals surface area contributed by atoms with Crippen LogP contribution in [-0.2, 0) is 0 Å². The summed E-state index contributed by atoms with van der Waals surface area (Å²) in [7, 11) is 0. The number of nitrogens with zero attached hydrogens (tertiary/aromatic N) is 3. The molecule has 84 valence electrons. The van der Waals surface area contributed by atoms with Gasteiger partial charge in [0.15, 0.2) is 5.16 Å². The average molecular weight is 226 g/mol. The van der Waals surface area contributed by atoms with Gasteiger partial charge < -0.3 is 10.6 Å². The first kappa shape index (κ1) is 12.3. The van der Waals surface area contributed by atoms with Gasteiger partial charge in [-0.2, -0.15) is 0 Å². The predicted octanol–water partition coefficient (Wildman–Crippen LogP) is 1.49. The molecular formula is C10H18N4S. The fourth-order valence-corrected chi connectivity index (χ4v) is 2.07. The molecule has 0 saturated carbocycles. The van der Waals surface area contributed by atoms with Gasteiger partial charge in [-0.25, -0.2) is 9.97 Å². The van der Waals surface area contributed by atoms with Crippen LogP contribution in [0.5, 0.6) is 0 Å². The fourth-order valence-electron chi connectivity index (χ4n) is 1.23. The molecular weight excluding hydrogens is 208 g/mol. The Hall–Kier alpha value is -0.810. The Kier molecular flexibility index (Phi) is 5.42. The maximum Gasteiger partial charge on any atom is 0.189 e. The van der Waals surface area contributed by atoms with Crippen molar-refractivity contribution in [3.05, 3.63) is 12.3 Å². The molecule has 0 radical (unpaired) electrons. The highest BCUT2D eigenvalue weighted by atomic mass is 32.2. The van der Waals surface area contributed by atoms with Crippen molar-refractivity contribution in [2.75, 3.05) is 31.1 Å². The van der Waals surface area contributed by atoms with Crippen molar-refractivity contribution in [3.63, 3.8) is 0 Å². The van der Waals surface area contributed by atoms with Crippen molar-refractivity contribution in [1.82, 2.24) is 14.9 Å². The third-order valence-corrected chi connectivity index (χ3v) is 3.03. The van der Waals surface area contributed by atoms with Crippen molar-refractivity contribution in [1.29, 1.82) is 0 Å². The highest BCUT2D eigenvalue weighted by Gasteiger charge is 2.01. The number of thioether (sulfide) groups is 1. The summed E-state index contributed by atoms with van der Waals surface area (Å²) >= 11 is 1.65. The monoisotopic (exact) mass is 226 g/mol. The average Bonchev–Trinajstić information content (AvgIpc) is 2.25. The van der Waals surface area contributed by atoms with Gasteiger partial charge in [0.25, 0.3) is 0 Å². The van der Waals surface area contributed by atoms with Gasteiger partial charge in [0.2, 0.25) is 0 Å². The van der Waals surface area contributed by atoms with Crippen LogP contribution in [0.1, 0.15) is 13.8 Å². The van der Waals surface area contributed by atoms with Crippen molar-refractivity contribution in [3.8, 4) is 0 Å². The van der Waals surface area contributed by atoms with Gasteiger partial charge in [-0.3, -0.25) is 0 Å². The molecule has 2 N–H and O–H groups in total. The van der Waals surface area contributed by atoms with Crippen molar-refractivity contribution >= 4 is 17.6 Å². The third-order valence-electron chi connectivity index (χ3n) is 2.19. The first-order valence-electron chi connectivity index (χ1n) is 5.20. The number of nitrogen functional groups attached to an aromatic ring is 1. The molecule has 0 bridgehead atoms. The van der Waals surface area contributed by atoms with Crippen LogP contribution in [0, 0.1) is 0 Å². The number of anilines is 1. The standard InChI is InChI=1S/C10H18N4S/c1-3-14(4-2)7-8-15-10-12-6-5-9(11)13-10/h5-6H,3-4,7-8H2,1-2H3,(H2,11,12,13). The maximum absolute atomic E-state index is 5.57. The van der Waals surface area contributed by atoms with Crippen molar-refractivity contribution < 1.29 is 0 Å². The van der Waals surface area contributed by atoms with Gasteiger partial charge in [-0.05, 0) is 19.2 Å². The summed E-state index contributed by atoms with van der Waals surface area (Å²) in [4.78, 5) is 10.6. The van der Waals surface area contributed by atoms with Gasteiger partial charge in [-0.15, -0.1) is 0 Å². The SMILES string of the molecule is CCN(CC)CCSc1nccc(N)n1. The van der Waals surface area contributed by atoms with E-state index in [4.69, 9.17) is 5.73 Å². The van der Waals surface area contributed by atoms with Crippen LogP contribution in [0.25, 0.3) is 0 Å². The fraction of sp³-hybridized carbons (Fsp3) is 0.600. The normalized spacial score (nSPS) is 10.9. The van der Waals surface area contributed by atoms with Crippen molar-refractivity contribution in [2.45, 2.75) is 19.0 Å². The molecule has 0 aliphatic rings. The zero-order valence-corrected chi connectivity index (χ0v) is 10.1. The Morgan fingerprint density at radius 3 is 2.73 bits per heavy atom. The van der Waals surface area contributed by atoms with Crippen molar-refractivity contribution in [2.24, 2.45) is 0 Å². The van der Waals surface area contributed by atoms with E-state index in [1.54, 1.807) is 24.0 Å². The van der Waals surface area contributed by atoms with Crippen LogP contribution in [0.15, 0.2) is 17.4 Å². The molecule has 1 rings (SSSR count). The smallest absolute Gasteiger partial charge is 0.189 e. The second kappa shape index (κ2) is 6.63. The van der Waals surface area contributed by atoms with E-state index in [2.05, 4.69) is 28.7 Å². The lowest BCUT2D eigenvalue weighted by atomic mass is 10.5. The zero-order chi connectivity index (χ0) is 11.1. The lowest BCUT2D eigenvalue weighted by Gasteiger charge is -2.16. The molecule has 15 heavy (non-hydrogen) atoms. The topological polar surface area (TPSA) is 55.0 Å². The second-order valence-electron chi connectivity index (χ2n) is 3.14. The highest BCUT2D eigenvalue weighted by Crippen LogP contribution is 2.12. The van der Waals surface area contributed by atoms with Gasteiger partial charge in [-0.1, -0.05) is 25.6 Å². The number of rotatable bonds is 6. The molecule has 5 heteroatoms. The minimum Gasteiger partial charge on any atom is -0.384 e. The van der Waals surface area contributed by atoms with Crippen LogP contribution >= 0.6 is 11.8 Å². The summed E-state index contributed by atoms with van der Waals surface area (Å²) in [5, 5.41) is 0.766. The third kappa shape index (κ3) is 4.48. The van der Waals surface area contributed by atoms with Crippen LogP contribution in [0.4, 0.5) is 5.82 Å². The number of aromatic nitrogens is 2. The second-order valence-corrected chi connectivity index (χ2v) is 4.20. The van der Waals surface area contributed by atoms with E-state index in [9.17, 15) is 0 Å². The molecule has 4 nitrogen and oxygen atoms in total. The molecule has 0 fully saturated rings. The lowest BCUT2D eigenvalue weighted by molar-refractivity contribution is 0.324. The molecule has 0 aromatic carbocycles. The van der Waals surface area contributed by atoms with Gasteiger partial charge in [0.1, 0.15) is 5.82 Å².